The van der Waals surface area contributed by atoms with Gasteiger partial charge in [0.1, 0.15) is 0 Å². The minimum atomic E-state index is 0.273. The van der Waals surface area contributed by atoms with Crippen molar-refractivity contribution in [3.05, 3.63) is 48.0 Å². The third-order valence-electron chi connectivity index (χ3n) is 3.06. The average Bonchev–Trinajstić information content (AvgIpc) is 3.18. The molecular weight excluding hydrogens is 272 g/mol. The van der Waals surface area contributed by atoms with Crippen molar-refractivity contribution in [1.29, 1.82) is 0 Å². The van der Waals surface area contributed by atoms with Crippen LogP contribution in [-0.2, 0) is 0 Å². The van der Waals surface area contributed by atoms with Gasteiger partial charge in [0, 0.05) is 11.8 Å². The maximum atomic E-state index is 5.39. The van der Waals surface area contributed by atoms with Gasteiger partial charge in [-0.3, -0.25) is 0 Å². The van der Waals surface area contributed by atoms with Crippen LogP contribution in [0.4, 0.5) is 0 Å². The largest absolute Gasteiger partial charge is 0.454 e. The fraction of sp³-hybridized carbons (Fsp3) is 0.0667. The molecular formula is C15H10N2O2S. The molecule has 3 heterocycles. The molecule has 0 aliphatic carbocycles. The summed E-state index contributed by atoms with van der Waals surface area (Å²) in [6, 6.07) is 11.7. The number of aromatic nitrogens is 2. The van der Waals surface area contributed by atoms with Crippen molar-refractivity contribution in [2.45, 2.75) is 0 Å². The summed E-state index contributed by atoms with van der Waals surface area (Å²) in [6.07, 6.45) is 1.78. The third-order valence-corrected chi connectivity index (χ3v) is 3.95. The molecule has 98 valence electrons. The number of hydrogen-bond acceptors (Lipinski definition) is 5. The molecule has 1 aliphatic heterocycles. The molecule has 0 saturated carbocycles. The minimum Gasteiger partial charge on any atom is -0.454 e. The van der Waals surface area contributed by atoms with Crippen LogP contribution in [0.3, 0.4) is 0 Å². The average molecular weight is 282 g/mol. The molecule has 4 nitrogen and oxygen atoms in total. The Labute approximate surface area is 119 Å². The predicted molar refractivity (Wildman–Crippen MR) is 76.9 cm³/mol. The number of fused-ring (bicyclic) bond motifs is 1. The molecule has 1 aromatic carbocycles. The second kappa shape index (κ2) is 4.61. The molecule has 20 heavy (non-hydrogen) atoms. The highest BCUT2D eigenvalue weighted by Crippen LogP contribution is 2.35. The molecule has 0 atom stereocenters. The Morgan fingerprint density at radius 3 is 2.90 bits per heavy atom. The number of nitrogens with zero attached hydrogens (tertiary/aromatic N) is 2. The van der Waals surface area contributed by atoms with E-state index < -0.39 is 0 Å². The fourth-order valence-corrected chi connectivity index (χ4v) is 2.79. The van der Waals surface area contributed by atoms with Crippen LogP contribution in [0.1, 0.15) is 0 Å². The van der Waals surface area contributed by atoms with Crippen molar-refractivity contribution in [2.75, 3.05) is 6.79 Å². The quantitative estimate of drug-likeness (QED) is 0.720. The SMILES string of the molecule is c1csc(-c2ccnc(-c3ccc4c(c3)OCO4)n2)c1. The number of rotatable bonds is 2. The second-order valence-electron chi connectivity index (χ2n) is 4.31. The van der Waals surface area contributed by atoms with Crippen LogP contribution in [0.2, 0.25) is 0 Å². The summed E-state index contributed by atoms with van der Waals surface area (Å²) in [7, 11) is 0. The number of benzene rings is 1. The zero-order valence-electron chi connectivity index (χ0n) is 10.4. The van der Waals surface area contributed by atoms with Gasteiger partial charge in [0.25, 0.3) is 0 Å². The van der Waals surface area contributed by atoms with E-state index in [1.54, 1.807) is 17.5 Å². The van der Waals surface area contributed by atoms with E-state index in [1.165, 1.54) is 0 Å². The Bertz CT molecular complexity index is 756. The van der Waals surface area contributed by atoms with Crippen LogP contribution in [0, 0.1) is 0 Å². The van der Waals surface area contributed by atoms with Crippen LogP contribution < -0.4 is 9.47 Å². The first-order chi connectivity index (χ1) is 9.90. The van der Waals surface area contributed by atoms with E-state index in [1.807, 2.05) is 35.7 Å². The molecule has 0 unspecified atom stereocenters. The van der Waals surface area contributed by atoms with Gasteiger partial charge in [-0.1, -0.05) is 6.07 Å². The van der Waals surface area contributed by atoms with Gasteiger partial charge in [0.05, 0.1) is 10.6 Å². The standard InChI is InChI=1S/C15H10N2O2S/c1-2-14(20-7-1)11-5-6-16-15(17-11)10-3-4-12-13(8-10)19-9-18-12/h1-8H,9H2. The molecule has 0 saturated heterocycles. The molecule has 3 aromatic rings. The van der Waals surface area contributed by atoms with E-state index in [-0.39, 0.29) is 6.79 Å². The molecule has 4 rings (SSSR count). The molecule has 0 fully saturated rings. The van der Waals surface area contributed by atoms with E-state index in [0.717, 1.165) is 27.6 Å². The Hall–Kier alpha value is -2.40. The lowest BCUT2D eigenvalue weighted by Crippen LogP contribution is -1.93. The summed E-state index contributed by atoms with van der Waals surface area (Å²) in [5, 5.41) is 2.04. The topological polar surface area (TPSA) is 44.2 Å². The van der Waals surface area contributed by atoms with Crippen molar-refractivity contribution in [1.82, 2.24) is 9.97 Å². The first-order valence-corrected chi connectivity index (χ1v) is 7.05. The Balaban J connectivity index is 1.77. The number of hydrogen-bond donors (Lipinski definition) is 0. The van der Waals surface area contributed by atoms with Crippen molar-refractivity contribution in [2.24, 2.45) is 0 Å². The lowest BCUT2D eigenvalue weighted by Gasteiger charge is -2.03. The summed E-state index contributed by atoms with van der Waals surface area (Å²) < 4.78 is 10.7. The van der Waals surface area contributed by atoms with Gasteiger partial charge in [0.15, 0.2) is 17.3 Å². The minimum absolute atomic E-state index is 0.273. The zero-order chi connectivity index (χ0) is 13.4. The van der Waals surface area contributed by atoms with E-state index in [4.69, 9.17) is 9.47 Å². The van der Waals surface area contributed by atoms with Crippen molar-refractivity contribution < 1.29 is 9.47 Å². The lowest BCUT2D eigenvalue weighted by molar-refractivity contribution is 0.174. The summed E-state index contributed by atoms with van der Waals surface area (Å²) in [6.45, 7) is 0.273. The maximum Gasteiger partial charge on any atom is 0.231 e. The smallest absolute Gasteiger partial charge is 0.231 e. The van der Waals surface area contributed by atoms with Crippen molar-refractivity contribution in [3.8, 4) is 33.5 Å². The maximum absolute atomic E-state index is 5.39. The lowest BCUT2D eigenvalue weighted by atomic mass is 10.2. The number of thiophene rings is 1. The molecule has 1 aliphatic rings. The van der Waals surface area contributed by atoms with Crippen molar-refractivity contribution in [3.63, 3.8) is 0 Å². The molecule has 0 amide bonds. The highest BCUT2D eigenvalue weighted by atomic mass is 32.1. The molecule has 0 radical (unpaired) electrons. The molecule has 0 N–H and O–H groups in total. The summed E-state index contributed by atoms with van der Waals surface area (Å²) in [5.41, 5.74) is 1.86. The Kier molecular flexibility index (Phi) is 2.63. The molecule has 2 aromatic heterocycles. The van der Waals surface area contributed by atoms with Gasteiger partial charge in [-0.05, 0) is 35.7 Å². The Morgan fingerprint density at radius 1 is 1.05 bits per heavy atom. The molecule has 5 heteroatoms. The van der Waals surface area contributed by atoms with Crippen LogP contribution in [0.25, 0.3) is 22.0 Å². The number of ether oxygens (including phenoxy) is 2. The summed E-state index contributed by atoms with van der Waals surface area (Å²) in [4.78, 5) is 10.1. The normalized spacial score (nSPS) is 12.6. The molecule has 0 bridgehead atoms. The Morgan fingerprint density at radius 2 is 2.00 bits per heavy atom. The monoisotopic (exact) mass is 282 g/mol. The summed E-state index contributed by atoms with van der Waals surface area (Å²) in [5.74, 6) is 2.20. The predicted octanol–water partition coefficient (Wildman–Crippen LogP) is 3.60. The van der Waals surface area contributed by atoms with Gasteiger partial charge in [0.2, 0.25) is 6.79 Å². The highest BCUT2D eigenvalue weighted by molar-refractivity contribution is 7.13. The second-order valence-corrected chi connectivity index (χ2v) is 5.26. The highest BCUT2D eigenvalue weighted by Gasteiger charge is 2.15. The van der Waals surface area contributed by atoms with Crippen LogP contribution >= 0.6 is 11.3 Å². The van der Waals surface area contributed by atoms with E-state index in [2.05, 4.69) is 16.0 Å². The van der Waals surface area contributed by atoms with Gasteiger partial charge in [-0.15, -0.1) is 11.3 Å². The fourth-order valence-electron chi connectivity index (χ4n) is 2.09. The van der Waals surface area contributed by atoms with Crippen LogP contribution in [-0.4, -0.2) is 16.8 Å². The summed E-state index contributed by atoms with van der Waals surface area (Å²) >= 11 is 1.67. The van der Waals surface area contributed by atoms with E-state index >= 15 is 0 Å². The molecule has 0 spiro atoms. The first kappa shape index (κ1) is 11.4. The van der Waals surface area contributed by atoms with Crippen LogP contribution in [0.15, 0.2) is 48.0 Å². The third kappa shape index (κ3) is 1.92. The van der Waals surface area contributed by atoms with Gasteiger partial charge in [-0.25, -0.2) is 9.97 Å². The van der Waals surface area contributed by atoms with Crippen LogP contribution in [0.5, 0.6) is 11.5 Å². The van der Waals surface area contributed by atoms with Gasteiger partial charge in [-0.2, -0.15) is 0 Å². The van der Waals surface area contributed by atoms with E-state index in [9.17, 15) is 0 Å². The first-order valence-electron chi connectivity index (χ1n) is 6.17. The van der Waals surface area contributed by atoms with Crippen molar-refractivity contribution >= 4 is 11.3 Å². The van der Waals surface area contributed by atoms with Gasteiger partial charge < -0.3 is 9.47 Å². The zero-order valence-corrected chi connectivity index (χ0v) is 11.3. The van der Waals surface area contributed by atoms with Gasteiger partial charge >= 0.3 is 0 Å². The van der Waals surface area contributed by atoms with E-state index in [0.29, 0.717) is 5.82 Å².